The molecule has 0 aromatic rings. The number of carbonyl (C=O) groups is 1. The third kappa shape index (κ3) is 17.5. The number of rotatable bonds is 17. The van der Waals surface area contributed by atoms with Crippen LogP contribution in [0.1, 0.15) is 104 Å². The summed E-state index contributed by atoms with van der Waals surface area (Å²) in [6, 6.07) is 0. The minimum Gasteiger partial charge on any atom is -0.466 e. The van der Waals surface area contributed by atoms with E-state index in [4.69, 9.17) is 4.74 Å². The SMILES string of the molecule is CCCCC(O)C=CCCCCCCCCCCCC(=O)OCC. The molecule has 142 valence electrons. The Bertz CT molecular complexity index is 299. The summed E-state index contributed by atoms with van der Waals surface area (Å²) in [4.78, 5) is 11.2. The second-order valence-corrected chi connectivity index (χ2v) is 6.66. The van der Waals surface area contributed by atoms with Crippen LogP contribution in [0.5, 0.6) is 0 Å². The first-order valence-corrected chi connectivity index (χ1v) is 10.2. The van der Waals surface area contributed by atoms with Crippen LogP contribution >= 0.6 is 0 Å². The molecule has 0 bridgehead atoms. The number of allylic oxidation sites excluding steroid dienone is 1. The number of hydrogen-bond donors (Lipinski definition) is 1. The van der Waals surface area contributed by atoms with Crippen LogP contribution in [-0.2, 0) is 9.53 Å². The van der Waals surface area contributed by atoms with E-state index in [0.29, 0.717) is 13.0 Å². The molecular weight excluding hydrogens is 300 g/mol. The van der Waals surface area contributed by atoms with Gasteiger partial charge < -0.3 is 9.84 Å². The highest BCUT2D eigenvalue weighted by atomic mass is 16.5. The van der Waals surface area contributed by atoms with Crippen molar-refractivity contribution in [3.8, 4) is 0 Å². The molecule has 0 aromatic heterocycles. The lowest BCUT2D eigenvalue weighted by atomic mass is 10.1. The average Bonchev–Trinajstić information content (AvgIpc) is 2.57. The highest BCUT2D eigenvalue weighted by Gasteiger charge is 2.00. The Balaban J connectivity index is 3.20. The van der Waals surface area contributed by atoms with Crippen molar-refractivity contribution in [1.29, 1.82) is 0 Å². The lowest BCUT2D eigenvalue weighted by Crippen LogP contribution is -2.03. The fourth-order valence-electron chi connectivity index (χ4n) is 2.76. The Kier molecular flexibility index (Phi) is 17.9. The Morgan fingerprint density at radius 1 is 0.917 bits per heavy atom. The van der Waals surface area contributed by atoms with Crippen LogP contribution in [-0.4, -0.2) is 23.8 Å². The largest absolute Gasteiger partial charge is 0.466 e. The smallest absolute Gasteiger partial charge is 0.305 e. The van der Waals surface area contributed by atoms with Crippen molar-refractivity contribution in [3.05, 3.63) is 12.2 Å². The van der Waals surface area contributed by atoms with Crippen molar-refractivity contribution in [1.82, 2.24) is 0 Å². The molecule has 0 aliphatic rings. The molecule has 0 aliphatic carbocycles. The van der Waals surface area contributed by atoms with Gasteiger partial charge in [-0.1, -0.05) is 76.9 Å². The van der Waals surface area contributed by atoms with E-state index >= 15 is 0 Å². The number of unbranched alkanes of at least 4 members (excludes halogenated alkanes) is 10. The molecule has 1 unspecified atom stereocenters. The maximum atomic E-state index is 11.2. The van der Waals surface area contributed by atoms with Crippen LogP contribution in [0.3, 0.4) is 0 Å². The number of ether oxygens (including phenoxy) is 1. The van der Waals surface area contributed by atoms with Gasteiger partial charge in [0.1, 0.15) is 0 Å². The highest BCUT2D eigenvalue weighted by Crippen LogP contribution is 2.12. The fraction of sp³-hybridized carbons (Fsp3) is 0.857. The van der Waals surface area contributed by atoms with Crippen molar-refractivity contribution in [2.45, 2.75) is 110 Å². The maximum Gasteiger partial charge on any atom is 0.305 e. The zero-order valence-electron chi connectivity index (χ0n) is 16.1. The van der Waals surface area contributed by atoms with Gasteiger partial charge in [-0.15, -0.1) is 0 Å². The highest BCUT2D eigenvalue weighted by molar-refractivity contribution is 5.69. The van der Waals surface area contributed by atoms with Gasteiger partial charge >= 0.3 is 5.97 Å². The predicted octanol–water partition coefficient (Wildman–Crippen LogP) is 5.95. The first kappa shape index (κ1) is 23.2. The molecule has 0 saturated heterocycles. The number of esters is 1. The predicted molar refractivity (Wildman–Crippen MR) is 102 cm³/mol. The molecule has 24 heavy (non-hydrogen) atoms. The van der Waals surface area contributed by atoms with E-state index in [1.54, 1.807) is 0 Å². The van der Waals surface area contributed by atoms with Crippen LogP contribution in [0.15, 0.2) is 12.2 Å². The minimum absolute atomic E-state index is 0.0515. The maximum absolute atomic E-state index is 11.2. The average molecular weight is 341 g/mol. The van der Waals surface area contributed by atoms with E-state index in [9.17, 15) is 9.90 Å². The van der Waals surface area contributed by atoms with Gasteiger partial charge in [0.25, 0.3) is 0 Å². The van der Waals surface area contributed by atoms with Crippen molar-refractivity contribution in [2.75, 3.05) is 6.61 Å². The number of aliphatic hydroxyl groups excluding tert-OH is 1. The molecule has 3 heteroatoms. The molecular formula is C21H40O3. The zero-order chi connectivity index (χ0) is 17.9. The Hall–Kier alpha value is -0.830. The van der Waals surface area contributed by atoms with Crippen molar-refractivity contribution >= 4 is 5.97 Å². The van der Waals surface area contributed by atoms with E-state index in [1.807, 2.05) is 13.0 Å². The van der Waals surface area contributed by atoms with Crippen LogP contribution < -0.4 is 0 Å². The quantitative estimate of drug-likeness (QED) is 0.202. The summed E-state index contributed by atoms with van der Waals surface area (Å²) in [5.41, 5.74) is 0. The van der Waals surface area contributed by atoms with Gasteiger partial charge in [-0.05, 0) is 32.6 Å². The number of carbonyl (C=O) groups excluding carboxylic acids is 1. The normalized spacial score (nSPS) is 12.6. The summed E-state index contributed by atoms with van der Waals surface area (Å²) in [7, 11) is 0. The molecule has 1 N–H and O–H groups in total. The van der Waals surface area contributed by atoms with Crippen molar-refractivity contribution in [2.24, 2.45) is 0 Å². The molecule has 0 aromatic carbocycles. The van der Waals surface area contributed by atoms with Gasteiger partial charge in [0.05, 0.1) is 12.7 Å². The van der Waals surface area contributed by atoms with Gasteiger partial charge in [0.2, 0.25) is 0 Å². The molecule has 0 heterocycles. The Morgan fingerprint density at radius 3 is 2.08 bits per heavy atom. The third-order valence-electron chi connectivity index (χ3n) is 4.27. The van der Waals surface area contributed by atoms with E-state index < -0.39 is 0 Å². The molecule has 3 nitrogen and oxygen atoms in total. The number of aliphatic hydroxyl groups is 1. The molecule has 0 saturated carbocycles. The Morgan fingerprint density at radius 2 is 1.50 bits per heavy atom. The molecule has 0 fully saturated rings. The van der Waals surface area contributed by atoms with Gasteiger partial charge in [-0.2, -0.15) is 0 Å². The summed E-state index contributed by atoms with van der Waals surface area (Å²) >= 11 is 0. The molecule has 0 radical (unpaired) electrons. The zero-order valence-corrected chi connectivity index (χ0v) is 16.1. The van der Waals surface area contributed by atoms with E-state index in [2.05, 4.69) is 13.0 Å². The minimum atomic E-state index is -0.242. The second-order valence-electron chi connectivity index (χ2n) is 6.66. The third-order valence-corrected chi connectivity index (χ3v) is 4.27. The van der Waals surface area contributed by atoms with Crippen LogP contribution in [0.2, 0.25) is 0 Å². The van der Waals surface area contributed by atoms with Crippen LogP contribution in [0, 0.1) is 0 Å². The van der Waals surface area contributed by atoms with Crippen LogP contribution in [0.4, 0.5) is 0 Å². The van der Waals surface area contributed by atoms with Gasteiger partial charge in [0, 0.05) is 6.42 Å². The van der Waals surface area contributed by atoms with Crippen molar-refractivity contribution in [3.63, 3.8) is 0 Å². The first-order valence-electron chi connectivity index (χ1n) is 10.2. The molecule has 0 amide bonds. The van der Waals surface area contributed by atoms with E-state index in [1.165, 1.54) is 44.9 Å². The van der Waals surface area contributed by atoms with E-state index in [-0.39, 0.29) is 12.1 Å². The summed E-state index contributed by atoms with van der Waals surface area (Å²) in [5.74, 6) is -0.0515. The molecule has 0 spiro atoms. The second kappa shape index (κ2) is 18.5. The molecule has 1 atom stereocenters. The summed E-state index contributed by atoms with van der Waals surface area (Å²) < 4.78 is 4.91. The topological polar surface area (TPSA) is 46.5 Å². The van der Waals surface area contributed by atoms with Gasteiger partial charge in [0.15, 0.2) is 0 Å². The van der Waals surface area contributed by atoms with E-state index in [0.717, 1.165) is 38.5 Å². The molecule has 0 aliphatic heterocycles. The standard InChI is InChI=1S/C21H40O3/c1-3-5-17-20(22)18-15-13-11-9-7-6-8-10-12-14-16-19-21(23)24-4-2/h15,18,20,22H,3-14,16-17,19H2,1-2H3. The lowest BCUT2D eigenvalue weighted by Gasteiger charge is -2.04. The summed E-state index contributed by atoms with van der Waals surface area (Å²) in [6.45, 7) is 4.50. The van der Waals surface area contributed by atoms with Crippen molar-refractivity contribution < 1.29 is 14.6 Å². The summed E-state index contributed by atoms with van der Waals surface area (Å²) in [6.07, 6.45) is 19.8. The number of hydrogen-bond acceptors (Lipinski definition) is 3. The first-order chi connectivity index (χ1) is 11.7. The monoisotopic (exact) mass is 340 g/mol. The van der Waals surface area contributed by atoms with Crippen LogP contribution in [0.25, 0.3) is 0 Å². The fourth-order valence-corrected chi connectivity index (χ4v) is 2.76. The Labute approximate surface area is 149 Å². The van der Waals surface area contributed by atoms with Gasteiger partial charge in [-0.3, -0.25) is 4.79 Å². The summed E-state index contributed by atoms with van der Waals surface area (Å²) in [5, 5.41) is 9.69. The molecule has 0 rings (SSSR count). The van der Waals surface area contributed by atoms with Gasteiger partial charge in [-0.25, -0.2) is 0 Å². The lowest BCUT2D eigenvalue weighted by molar-refractivity contribution is -0.143.